The van der Waals surface area contributed by atoms with Crippen LogP contribution in [-0.4, -0.2) is 11.5 Å². The average molecular weight is 346 g/mol. The van der Waals surface area contributed by atoms with Crippen molar-refractivity contribution < 1.29 is 9.53 Å². The van der Waals surface area contributed by atoms with Gasteiger partial charge in [0, 0.05) is 4.47 Å². The molecule has 1 amide bonds. The number of benzene rings is 2. The molecule has 4 heteroatoms. The maximum atomic E-state index is 12.8. The van der Waals surface area contributed by atoms with Crippen LogP contribution in [0.5, 0.6) is 5.75 Å². The van der Waals surface area contributed by atoms with Gasteiger partial charge in [0.25, 0.3) is 5.91 Å². The Labute approximate surface area is 132 Å². The van der Waals surface area contributed by atoms with Crippen molar-refractivity contribution in [1.82, 2.24) is 0 Å². The first-order chi connectivity index (χ1) is 9.88. The van der Waals surface area contributed by atoms with Crippen LogP contribution in [0.4, 0.5) is 11.4 Å². The van der Waals surface area contributed by atoms with E-state index >= 15 is 0 Å². The lowest BCUT2D eigenvalue weighted by molar-refractivity contribution is -0.131. The van der Waals surface area contributed by atoms with Crippen LogP contribution in [0.25, 0.3) is 0 Å². The number of hydrogen-bond donors (Lipinski definition) is 0. The van der Waals surface area contributed by atoms with Crippen molar-refractivity contribution in [2.45, 2.75) is 26.4 Å². The van der Waals surface area contributed by atoms with Crippen LogP contribution < -0.4 is 9.64 Å². The van der Waals surface area contributed by atoms with Crippen LogP contribution in [0.3, 0.4) is 0 Å². The standard InChI is InChI=1S/C17H16BrNO2/c1-11-7-8-14-15(9-11)21-17(2,3)16(20)19(14)13-6-4-5-12(18)10-13/h4-10H,1-3H3. The number of fused-ring (bicyclic) bond motifs is 1. The van der Waals surface area contributed by atoms with Gasteiger partial charge in [0.15, 0.2) is 5.60 Å². The number of anilines is 2. The zero-order valence-electron chi connectivity index (χ0n) is 12.2. The van der Waals surface area contributed by atoms with E-state index < -0.39 is 5.60 Å². The maximum Gasteiger partial charge on any atom is 0.275 e. The molecule has 1 heterocycles. The molecule has 0 spiro atoms. The van der Waals surface area contributed by atoms with Crippen LogP contribution in [0.1, 0.15) is 19.4 Å². The molecule has 0 N–H and O–H groups in total. The number of ether oxygens (including phenoxy) is 1. The van der Waals surface area contributed by atoms with Gasteiger partial charge in [-0.15, -0.1) is 0 Å². The van der Waals surface area contributed by atoms with E-state index in [1.54, 1.807) is 18.7 Å². The van der Waals surface area contributed by atoms with Gasteiger partial charge in [-0.1, -0.05) is 28.1 Å². The predicted molar refractivity (Wildman–Crippen MR) is 87.2 cm³/mol. The highest BCUT2D eigenvalue weighted by molar-refractivity contribution is 9.10. The SMILES string of the molecule is Cc1ccc2c(c1)OC(C)(C)C(=O)N2c1cccc(Br)c1. The smallest absolute Gasteiger partial charge is 0.275 e. The molecule has 2 aromatic carbocycles. The minimum atomic E-state index is -0.886. The van der Waals surface area contributed by atoms with Gasteiger partial charge >= 0.3 is 0 Å². The Bertz CT molecular complexity index is 724. The Morgan fingerprint density at radius 2 is 1.90 bits per heavy atom. The van der Waals surface area contributed by atoms with E-state index in [-0.39, 0.29) is 5.91 Å². The summed E-state index contributed by atoms with van der Waals surface area (Å²) in [5, 5.41) is 0. The third-order valence-electron chi connectivity index (χ3n) is 3.51. The highest BCUT2D eigenvalue weighted by Gasteiger charge is 2.41. The molecule has 3 rings (SSSR count). The number of rotatable bonds is 1. The van der Waals surface area contributed by atoms with Gasteiger partial charge in [-0.05, 0) is 56.7 Å². The number of carbonyl (C=O) groups excluding carboxylic acids is 1. The van der Waals surface area contributed by atoms with Gasteiger partial charge in [0.05, 0.1) is 11.4 Å². The molecule has 0 saturated carbocycles. The molecule has 2 aromatic rings. The first kappa shape index (κ1) is 14.1. The lowest BCUT2D eigenvalue weighted by Crippen LogP contribution is -2.50. The minimum Gasteiger partial charge on any atom is -0.476 e. The van der Waals surface area contributed by atoms with Crippen LogP contribution in [0, 0.1) is 6.92 Å². The van der Waals surface area contributed by atoms with Crippen molar-refractivity contribution in [3.63, 3.8) is 0 Å². The molecule has 0 atom stereocenters. The average Bonchev–Trinajstić information content (AvgIpc) is 2.40. The van der Waals surface area contributed by atoms with Gasteiger partial charge in [-0.2, -0.15) is 0 Å². The Hall–Kier alpha value is -1.81. The van der Waals surface area contributed by atoms with Gasteiger partial charge in [0.2, 0.25) is 0 Å². The lowest BCUT2D eigenvalue weighted by Gasteiger charge is -2.39. The van der Waals surface area contributed by atoms with Gasteiger partial charge in [0.1, 0.15) is 5.75 Å². The number of carbonyl (C=O) groups is 1. The third-order valence-corrected chi connectivity index (χ3v) is 4.00. The molecule has 108 valence electrons. The van der Waals surface area contributed by atoms with Gasteiger partial charge in [-0.25, -0.2) is 0 Å². The van der Waals surface area contributed by atoms with Crippen molar-refractivity contribution in [1.29, 1.82) is 0 Å². The number of nitrogens with zero attached hydrogens (tertiary/aromatic N) is 1. The second-order valence-corrected chi connectivity index (χ2v) is 6.62. The predicted octanol–water partition coefficient (Wildman–Crippen LogP) is 4.59. The molecule has 21 heavy (non-hydrogen) atoms. The molecular weight excluding hydrogens is 330 g/mol. The summed E-state index contributed by atoms with van der Waals surface area (Å²) in [6.07, 6.45) is 0. The summed E-state index contributed by atoms with van der Waals surface area (Å²) in [5.41, 5.74) is 1.83. The zero-order valence-corrected chi connectivity index (χ0v) is 13.8. The molecule has 0 saturated heterocycles. The number of aryl methyl sites for hydroxylation is 1. The third kappa shape index (κ3) is 2.44. The van der Waals surface area contributed by atoms with E-state index in [0.29, 0.717) is 0 Å². The molecule has 1 aliphatic heterocycles. The van der Waals surface area contributed by atoms with Crippen LogP contribution in [0.15, 0.2) is 46.9 Å². The zero-order chi connectivity index (χ0) is 15.2. The fourth-order valence-corrected chi connectivity index (χ4v) is 2.84. The molecule has 0 bridgehead atoms. The Morgan fingerprint density at radius 3 is 2.62 bits per heavy atom. The van der Waals surface area contributed by atoms with Crippen molar-refractivity contribution in [2.75, 3.05) is 4.90 Å². The summed E-state index contributed by atoms with van der Waals surface area (Å²) in [5.74, 6) is 0.663. The van der Waals surface area contributed by atoms with Crippen molar-refractivity contribution in [3.8, 4) is 5.75 Å². The Morgan fingerprint density at radius 1 is 1.14 bits per heavy atom. The van der Waals surface area contributed by atoms with E-state index in [1.807, 2.05) is 49.4 Å². The van der Waals surface area contributed by atoms with E-state index in [2.05, 4.69) is 15.9 Å². The molecular formula is C17H16BrNO2. The van der Waals surface area contributed by atoms with Crippen LogP contribution in [0.2, 0.25) is 0 Å². The van der Waals surface area contributed by atoms with E-state index in [0.717, 1.165) is 27.2 Å². The summed E-state index contributed by atoms with van der Waals surface area (Å²) in [7, 11) is 0. The summed E-state index contributed by atoms with van der Waals surface area (Å²) in [6, 6.07) is 13.6. The minimum absolute atomic E-state index is 0.0723. The molecule has 0 unspecified atom stereocenters. The molecule has 3 nitrogen and oxygen atoms in total. The summed E-state index contributed by atoms with van der Waals surface area (Å²) in [6.45, 7) is 5.60. The first-order valence-electron chi connectivity index (χ1n) is 6.78. The number of hydrogen-bond acceptors (Lipinski definition) is 2. The van der Waals surface area contributed by atoms with Crippen molar-refractivity contribution >= 4 is 33.2 Å². The number of halogens is 1. The van der Waals surface area contributed by atoms with Crippen molar-refractivity contribution in [3.05, 3.63) is 52.5 Å². The van der Waals surface area contributed by atoms with Gasteiger partial charge < -0.3 is 4.74 Å². The van der Waals surface area contributed by atoms with E-state index in [4.69, 9.17) is 4.74 Å². The van der Waals surface area contributed by atoms with Crippen LogP contribution >= 0.6 is 15.9 Å². The summed E-state index contributed by atoms with van der Waals surface area (Å²) < 4.78 is 6.83. The quantitative estimate of drug-likeness (QED) is 0.756. The summed E-state index contributed by atoms with van der Waals surface area (Å²) in [4.78, 5) is 14.5. The van der Waals surface area contributed by atoms with Crippen molar-refractivity contribution in [2.24, 2.45) is 0 Å². The summed E-state index contributed by atoms with van der Waals surface area (Å²) >= 11 is 3.46. The molecule has 0 aliphatic carbocycles. The molecule has 0 aromatic heterocycles. The Balaban J connectivity index is 2.21. The van der Waals surface area contributed by atoms with E-state index in [9.17, 15) is 4.79 Å². The molecule has 0 radical (unpaired) electrons. The molecule has 0 fully saturated rings. The monoisotopic (exact) mass is 345 g/mol. The van der Waals surface area contributed by atoms with Gasteiger partial charge in [-0.3, -0.25) is 9.69 Å². The van der Waals surface area contributed by atoms with Crippen LogP contribution in [-0.2, 0) is 4.79 Å². The fourth-order valence-electron chi connectivity index (χ4n) is 2.46. The fraction of sp³-hybridized carbons (Fsp3) is 0.235. The molecule has 1 aliphatic rings. The highest BCUT2D eigenvalue weighted by atomic mass is 79.9. The normalized spacial score (nSPS) is 16.4. The van der Waals surface area contributed by atoms with E-state index in [1.165, 1.54) is 0 Å². The first-order valence-corrected chi connectivity index (χ1v) is 7.57. The topological polar surface area (TPSA) is 29.5 Å². The largest absolute Gasteiger partial charge is 0.476 e. The Kier molecular flexibility index (Phi) is 3.29. The second kappa shape index (κ2) is 4.88. The lowest BCUT2D eigenvalue weighted by atomic mass is 10.0. The number of amides is 1. The highest BCUT2D eigenvalue weighted by Crippen LogP contribution is 2.42. The maximum absolute atomic E-state index is 12.8. The second-order valence-electron chi connectivity index (χ2n) is 5.70.